The Labute approximate surface area is 149 Å². The van der Waals surface area contributed by atoms with Crippen LogP contribution in [0.3, 0.4) is 0 Å². The molecule has 3 heterocycles. The number of hydrogen-bond donors (Lipinski definition) is 1. The number of likely N-dealkylation sites (tertiary alicyclic amines) is 1. The zero-order valence-electron chi connectivity index (χ0n) is 15.5. The van der Waals surface area contributed by atoms with Crippen LogP contribution in [0.4, 0.5) is 0 Å². The monoisotopic (exact) mass is 346 g/mol. The van der Waals surface area contributed by atoms with Crippen LogP contribution in [0.5, 0.6) is 0 Å². The summed E-state index contributed by atoms with van der Waals surface area (Å²) in [5, 5.41) is 0. The third kappa shape index (κ3) is 4.48. The highest BCUT2D eigenvalue weighted by atomic mass is 16.2. The van der Waals surface area contributed by atoms with Crippen molar-refractivity contribution in [2.45, 2.75) is 64.8 Å². The fraction of sp³-hybridized carbons (Fsp3) is 0.737. The Balaban J connectivity index is 1.53. The highest BCUT2D eigenvalue weighted by molar-refractivity contribution is 5.76. The Hall–Kier alpha value is -1.69. The maximum absolute atomic E-state index is 12.6. The van der Waals surface area contributed by atoms with Crippen molar-refractivity contribution in [1.82, 2.24) is 19.8 Å². The van der Waals surface area contributed by atoms with Crippen molar-refractivity contribution in [2.24, 2.45) is 0 Å². The van der Waals surface area contributed by atoms with E-state index in [0.717, 1.165) is 17.7 Å². The minimum absolute atomic E-state index is 0.0458. The third-order valence-corrected chi connectivity index (χ3v) is 5.61. The van der Waals surface area contributed by atoms with Crippen LogP contribution in [0.1, 0.15) is 56.1 Å². The average molecular weight is 346 g/mol. The second-order valence-corrected chi connectivity index (χ2v) is 7.44. The van der Waals surface area contributed by atoms with E-state index in [1.807, 2.05) is 4.90 Å². The maximum Gasteiger partial charge on any atom is 0.254 e. The summed E-state index contributed by atoms with van der Waals surface area (Å²) >= 11 is 0. The average Bonchev–Trinajstić information content (AvgIpc) is 2.83. The van der Waals surface area contributed by atoms with Crippen molar-refractivity contribution < 1.29 is 4.79 Å². The van der Waals surface area contributed by atoms with Crippen molar-refractivity contribution in [1.29, 1.82) is 0 Å². The largest absolute Gasteiger partial charge is 0.342 e. The molecular formula is C19H30N4O2. The zero-order chi connectivity index (χ0) is 17.8. The number of rotatable bonds is 4. The number of H-pyrrole nitrogens is 1. The first-order valence-electron chi connectivity index (χ1n) is 9.65. The van der Waals surface area contributed by atoms with Gasteiger partial charge < -0.3 is 14.8 Å². The summed E-state index contributed by atoms with van der Waals surface area (Å²) in [7, 11) is 0. The predicted molar refractivity (Wildman–Crippen MR) is 97.7 cm³/mol. The van der Waals surface area contributed by atoms with Gasteiger partial charge in [-0.1, -0.05) is 6.42 Å². The van der Waals surface area contributed by atoms with Gasteiger partial charge >= 0.3 is 0 Å². The summed E-state index contributed by atoms with van der Waals surface area (Å²) in [6.45, 7) is 7.67. The zero-order valence-corrected chi connectivity index (χ0v) is 15.5. The van der Waals surface area contributed by atoms with Gasteiger partial charge in [-0.3, -0.25) is 9.59 Å². The molecule has 2 aliphatic heterocycles. The molecular weight excluding hydrogens is 316 g/mol. The number of amides is 1. The quantitative estimate of drug-likeness (QED) is 0.900. The van der Waals surface area contributed by atoms with Crippen LogP contribution in [-0.2, 0) is 17.6 Å². The molecule has 1 saturated heterocycles. The summed E-state index contributed by atoms with van der Waals surface area (Å²) in [6.07, 6.45) is 6.69. The Morgan fingerprint density at radius 2 is 1.88 bits per heavy atom. The lowest BCUT2D eigenvalue weighted by molar-refractivity contribution is -0.131. The molecule has 6 nitrogen and oxygen atoms in total. The van der Waals surface area contributed by atoms with Crippen LogP contribution in [0.2, 0.25) is 0 Å². The van der Waals surface area contributed by atoms with E-state index in [-0.39, 0.29) is 11.5 Å². The van der Waals surface area contributed by atoms with Gasteiger partial charge in [0.15, 0.2) is 0 Å². The molecule has 138 valence electrons. The molecule has 0 saturated carbocycles. The van der Waals surface area contributed by atoms with E-state index >= 15 is 0 Å². The van der Waals surface area contributed by atoms with Crippen LogP contribution < -0.4 is 5.56 Å². The van der Waals surface area contributed by atoms with Gasteiger partial charge in [0.25, 0.3) is 5.56 Å². The van der Waals surface area contributed by atoms with Crippen molar-refractivity contribution in [3.8, 4) is 0 Å². The topological polar surface area (TPSA) is 69.3 Å². The van der Waals surface area contributed by atoms with Crippen LogP contribution in [-0.4, -0.2) is 57.9 Å². The fourth-order valence-electron chi connectivity index (χ4n) is 4.01. The molecule has 2 aliphatic rings. The van der Waals surface area contributed by atoms with E-state index in [0.29, 0.717) is 44.2 Å². The number of nitrogens with one attached hydrogen (secondary N) is 1. The van der Waals surface area contributed by atoms with Crippen molar-refractivity contribution in [3.63, 3.8) is 0 Å². The molecule has 3 rings (SSSR count). The Morgan fingerprint density at radius 1 is 1.16 bits per heavy atom. The standard InChI is InChI=1S/C19H30N4O2/c1-14(22-10-4-3-5-11-22)6-7-18(24)23-12-8-16-17(9-13-23)20-15(2)21-19(16)25/h14H,3-13H2,1-2H3,(H,20,21,25). The van der Waals surface area contributed by atoms with Gasteiger partial charge in [0.1, 0.15) is 5.82 Å². The highest BCUT2D eigenvalue weighted by Crippen LogP contribution is 2.17. The third-order valence-electron chi connectivity index (χ3n) is 5.61. The molecule has 0 spiro atoms. The van der Waals surface area contributed by atoms with E-state index in [1.165, 1.54) is 32.4 Å². The summed E-state index contributed by atoms with van der Waals surface area (Å²) in [5.74, 6) is 0.865. The van der Waals surface area contributed by atoms with Gasteiger partial charge in [-0.25, -0.2) is 4.98 Å². The summed E-state index contributed by atoms with van der Waals surface area (Å²) in [4.78, 5) is 36.4. The van der Waals surface area contributed by atoms with Crippen molar-refractivity contribution in [3.05, 3.63) is 27.4 Å². The summed E-state index contributed by atoms with van der Waals surface area (Å²) < 4.78 is 0. The molecule has 1 atom stereocenters. The van der Waals surface area contributed by atoms with E-state index in [2.05, 4.69) is 21.8 Å². The molecule has 1 aromatic rings. The lowest BCUT2D eigenvalue weighted by Crippen LogP contribution is -2.39. The number of hydrogen-bond acceptors (Lipinski definition) is 4. The first-order chi connectivity index (χ1) is 12.0. The Bertz CT molecular complexity index is 664. The van der Waals surface area contributed by atoms with E-state index < -0.39 is 0 Å². The first-order valence-corrected chi connectivity index (χ1v) is 9.65. The molecule has 1 fully saturated rings. The van der Waals surface area contributed by atoms with Crippen LogP contribution in [0, 0.1) is 6.92 Å². The van der Waals surface area contributed by atoms with Crippen LogP contribution >= 0.6 is 0 Å². The SMILES string of the molecule is Cc1nc2c(c(=O)[nH]1)CCN(C(=O)CCC(C)N1CCCCC1)CC2. The van der Waals surface area contributed by atoms with Gasteiger partial charge in [0.05, 0.1) is 5.69 Å². The maximum atomic E-state index is 12.6. The number of carbonyl (C=O) groups excluding carboxylic acids is 1. The number of piperidine rings is 1. The normalized spacial score (nSPS) is 20.0. The number of carbonyl (C=O) groups is 1. The molecule has 0 aromatic carbocycles. The van der Waals surface area contributed by atoms with Crippen LogP contribution in [0.25, 0.3) is 0 Å². The Kier molecular flexibility index (Phi) is 5.89. The second-order valence-electron chi connectivity index (χ2n) is 7.44. The summed E-state index contributed by atoms with van der Waals surface area (Å²) in [6, 6.07) is 0.473. The van der Waals surface area contributed by atoms with Gasteiger partial charge in [-0.05, 0) is 52.6 Å². The molecule has 1 unspecified atom stereocenters. The number of aromatic nitrogens is 2. The highest BCUT2D eigenvalue weighted by Gasteiger charge is 2.23. The Morgan fingerprint density at radius 3 is 2.64 bits per heavy atom. The van der Waals surface area contributed by atoms with Crippen molar-refractivity contribution >= 4 is 5.91 Å². The lowest BCUT2D eigenvalue weighted by Gasteiger charge is -2.32. The fourth-order valence-corrected chi connectivity index (χ4v) is 4.01. The van der Waals surface area contributed by atoms with E-state index in [9.17, 15) is 9.59 Å². The molecule has 25 heavy (non-hydrogen) atoms. The lowest BCUT2D eigenvalue weighted by atomic mass is 10.1. The van der Waals surface area contributed by atoms with E-state index in [4.69, 9.17) is 0 Å². The summed E-state index contributed by atoms with van der Waals surface area (Å²) in [5.41, 5.74) is 1.57. The molecule has 1 aromatic heterocycles. The molecule has 1 N–H and O–H groups in total. The predicted octanol–water partition coefficient (Wildman–Crippen LogP) is 1.66. The molecule has 0 bridgehead atoms. The smallest absolute Gasteiger partial charge is 0.254 e. The first kappa shape index (κ1) is 18.1. The minimum Gasteiger partial charge on any atom is -0.342 e. The minimum atomic E-state index is -0.0458. The van der Waals surface area contributed by atoms with Crippen molar-refractivity contribution in [2.75, 3.05) is 26.2 Å². The second kappa shape index (κ2) is 8.13. The molecule has 0 aliphatic carbocycles. The molecule has 0 radical (unpaired) electrons. The van der Waals surface area contributed by atoms with Crippen LogP contribution in [0.15, 0.2) is 4.79 Å². The van der Waals surface area contributed by atoms with Gasteiger partial charge in [0.2, 0.25) is 5.91 Å². The number of nitrogens with zero attached hydrogens (tertiary/aromatic N) is 3. The molecule has 1 amide bonds. The number of fused-ring (bicyclic) bond motifs is 1. The number of aromatic amines is 1. The van der Waals surface area contributed by atoms with Gasteiger partial charge in [-0.2, -0.15) is 0 Å². The van der Waals surface area contributed by atoms with Gasteiger partial charge in [-0.15, -0.1) is 0 Å². The number of aryl methyl sites for hydroxylation is 1. The van der Waals surface area contributed by atoms with E-state index in [1.54, 1.807) is 6.92 Å². The van der Waals surface area contributed by atoms with Gasteiger partial charge in [0, 0.05) is 37.5 Å². The molecule has 6 heteroatoms.